The summed E-state index contributed by atoms with van der Waals surface area (Å²) in [6, 6.07) is 23.7. The van der Waals surface area contributed by atoms with Gasteiger partial charge in [0.25, 0.3) is 10.0 Å². The maximum atomic E-state index is 12.9. The van der Waals surface area contributed by atoms with E-state index in [1.54, 1.807) is 66.7 Å². The molecule has 3 aromatic carbocycles. The van der Waals surface area contributed by atoms with Crippen LogP contribution in [0.5, 0.6) is 0 Å². The maximum absolute atomic E-state index is 12.9. The van der Waals surface area contributed by atoms with Crippen LogP contribution >= 0.6 is 11.6 Å². The number of hydrogen-bond donors (Lipinski definition) is 7. The molecule has 18 heteroatoms. The number of halogens is 1. The van der Waals surface area contributed by atoms with Crippen LogP contribution in [0.4, 0.5) is 17.3 Å². The van der Waals surface area contributed by atoms with Gasteiger partial charge in [0, 0.05) is 11.1 Å². The second-order valence-corrected chi connectivity index (χ2v) is 17.5. The van der Waals surface area contributed by atoms with E-state index in [1.165, 1.54) is 0 Å². The lowest BCUT2D eigenvalue weighted by atomic mass is 10.0. The van der Waals surface area contributed by atoms with Gasteiger partial charge in [0.05, 0.1) is 55.1 Å². The van der Waals surface area contributed by atoms with Crippen molar-refractivity contribution in [2.75, 3.05) is 22.8 Å². The number of sulfonamides is 2. The average molecular weight is 815 g/mol. The highest BCUT2D eigenvalue weighted by atomic mass is 35.5. The summed E-state index contributed by atoms with van der Waals surface area (Å²) in [6.07, 6.45) is 3.12. The van der Waals surface area contributed by atoms with Crippen LogP contribution in [0.2, 0.25) is 5.02 Å². The van der Waals surface area contributed by atoms with Crippen LogP contribution in [0.1, 0.15) is 36.8 Å². The summed E-state index contributed by atoms with van der Waals surface area (Å²) in [4.78, 5) is 9.39. The number of aliphatic hydroxyl groups is 1. The molecular weight excluding hydrogens is 776 g/mol. The van der Waals surface area contributed by atoms with E-state index in [1.807, 2.05) is 32.0 Å². The number of nitrogens with zero attached hydrogens (tertiary/aromatic N) is 4. The largest absolute Gasteiger partial charge is 0.394 e. The van der Waals surface area contributed by atoms with Crippen LogP contribution in [0.15, 0.2) is 94.7 Å². The Morgan fingerprint density at radius 3 is 1.84 bits per heavy atom. The molecule has 56 heavy (non-hydrogen) atoms. The fourth-order valence-corrected chi connectivity index (χ4v) is 9.50. The number of nitrogens with one attached hydrogen (secondary N) is 4. The van der Waals surface area contributed by atoms with Gasteiger partial charge >= 0.3 is 0 Å². The molecule has 9 N–H and O–H groups in total. The molecule has 1 fully saturated rings. The molecule has 0 saturated heterocycles. The molecule has 15 nitrogen and oxygen atoms in total. The number of aryl methyl sites for hydroxylation is 2. The quantitative estimate of drug-likeness (QED) is 0.0881. The molecule has 0 radical (unpaired) electrons. The van der Waals surface area contributed by atoms with Crippen molar-refractivity contribution in [1.29, 1.82) is 0 Å². The lowest BCUT2D eigenvalue weighted by Crippen LogP contribution is -2.49. The Bertz CT molecular complexity index is 2800. The first-order valence-electron chi connectivity index (χ1n) is 17.5. The Labute approximate surface area is 328 Å². The Balaban J connectivity index is 0.000000172. The van der Waals surface area contributed by atoms with Crippen LogP contribution in [-0.2, 0) is 20.0 Å². The normalized spacial score (nSPS) is 14.1. The third-order valence-electron chi connectivity index (χ3n) is 9.70. The van der Waals surface area contributed by atoms with E-state index in [0.717, 1.165) is 40.6 Å². The summed E-state index contributed by atoms with van der Waals surface area (Å²) in [5.41, 5.74) is 18.4. The zero-order valence-electron chi connectivity index (χ0n) is 30.3. The monoisotopic (exact) mass is 814 g/mol. The highest BCUT2D eigenvalue weighted by Crippen LogP contribution is 2.34. The minimum absolute atomic E-state index is 0.178. The predicted octanol–water partition coefficient (Wildman–Crippen LogP) is 6.07. The van der Waals surface area contributed by atoms with Gasteiger partial charge in [-0.05, 0) is 99.0 Å². The predicted molar refractivity (Wildman–Crippen MR) is 218 cm³/mol. The zero-order chi connectivity index (χ0) is 39.8. The van der Waals surface area contributed by atoms with Gasteiger partial charge in [0.1, 0.15) is 11.0 Å². The number of aromatic amines is 2. The van der Waals surface area contributed by atoms with Gasteiger partial charge in [0.2, 0.25) is 10.0 Å². The number of aromatic nitrogens is 6. The lowest BCUT2D eigenvalue weighted by Gasteiger charge is -2.27. The van der Waals surface area contributed by atoms with Crippen LogP contribution in [0.25, 0.3) is 44.6 Å². The van der Waals surface area contributed by atoms with E-state index in [0.29, 0.717) is 63.2 Å². The van der Waals surface area contributed by atoms with Crippen molar-refractivity contribution in [3.63, 3.8) is 0 Å². The molecule has 7 aromatic rings. The van der Waals surface area contributed by atoms with Crippen LogP contribution in [0, 0.1) is 13.8 Å². The first kappa shape index (κ1) is 38.7. The standard InChI is InChI=1S/C19H16ClN5O2S.C19H23N5O3S/c1-11-2-5-13(6-3-11)28(26,27)25-12-4-7-14(15(20)10-12)16-8-9-17-18(22-16)19(21)24-23-17;1-12-10-13(28(26,27)24-19(11-25)8-2-3-9-19)4-5-14(12)15-6-7-16-17(21-15)18(20)23-22-16/h2-10,25H,1H3,(H3,21,23,24);4-7,10,24-25H,2-3,8-9,11H2,1H3,(H3,20,22,23). The molecule has 0 amide bonds. The van der Waals surface area contributed by atoms with Crippen molar-refractivity contribution in [2.45, 2.75) is 54.9 Å². The van der Waals surface area contributed by atoms with Crippen molar-refractivity contribution in [3.05, 3.63) is 101 Å². The van der Waals surface area contributed by atoms with Gasteiger partial charge in [-0.2, -0.15) is 10.2 Å². The summed E-state index contributed by atoms with van der Waals surface area (Å²) in [5.74, 6) is 0.624. The zero-order valence-corrected chi connectivity index (χ0v) is 32.7. The van der Waals surface area contributed by atoms with E-state index in [4.69, 9.17) is 23.1 Å². The smallest absolute Gasteiger partial charge is 0.261 e. The summed E-state index contributed by atoms with van der Waals surface area (Å²) in [5, 5.41) is 23.5. The summed E-state index contributed by atoms with van der Waals surface area (Å²) in [6.45, 7) is 3.54. The number of hydrogen-bond acceptors (Lipinski definition) is 11. The van der Waals surface area contributed by atoms with Crippen LogP contribution in [-0.4, -0.2) is 64.5 Å². The number of H-pyrrole nitrogens is 2. The third-order valence-corrected chi connectivity index (χ3v) is 13.0. The Hall–Kier alpha value is -5.59. The first-order chi connectivity index (χ1) is 26.7. The van der Waals surface area contributed by atoms with Gasteiger partial charge in [0.15, 0.2) is 11.6 Å². The molecule has 1 saturated carbocycles. The summed E-state index contributed by atoms with van der Waals surface area (Å²) >= 11 is 6.39. The van der Waals surface area contributed by atoms with E-state index in [-0.39, 0.29) is 16.4 Å². The van der Waals surface area contributed by atoms with Gasteiger partial charge in [-0.3, -0.25) is 14.9 Å². The van der Waals surface area contributed by atoms with E-state index < -0.39 is 25.6 Å². The Kier molecular flexibility index (Phi) is 10.5. The molecule has 0 unspecified atom stereocenters. The molecule has 4 aromatic heterocycles. The third kappa shape index (κ3) is 7.89. The molecule has 290 valence electrons. The average Bonchev–Trinajstić information content (AvgIpc) is 3.90. The van der Waals surface area contributed by atoms with Crippen molar-refractivity contribution in [3.8, 4) is 22.5 Å². The lowest BCUT2D eigenvalue weighted by molar-refractivity contribution is 0.185. The second-order valence-electron chi connectivity index (χ2n) is 13.7. The topological polar surface area (TPSA) is 248 Å². The van der Waals surface area contributed by atoms with Crippen molar-refractivity contribution >= 4 is 71.0 Å². The van der Waals surface area contributed by atoms with E-state index in [9.17, 15) is 21.9 Å². The molecule has 0 aliphatic heterocycles. The molecule has 1 aliphatic carbocycles. The fraction of sp³-hybridized carbons (Fsp3) is 0.211. The van der Waals surface area contributed by atoms with Crippen LogP contribution < -0.4 is 20.9 Å². The minimum Gasteiger partial charge on any atom is -0.394 e. The first-order valence-corrected chi connectivity index (χ1v) is 20.9. The molecule has 0 spiro atoms. The maximum Gasteiger partial charge on any atom is 0.261 e. The number of nitrogen functional groups attached to an aromatic ring is 2. The van der Waals surface area contributed by atoms with Gasteiger partial charge in [-0.15, -0.1) is 0 Å². The molecule has 8 rings (SSSR count). The number of fused-ring (bicyclic) bond motifs is 2. The SMILES string of the molecule is Cc1cc(S(=O)(=O)NC2(CO)CCCC2)ccc1-c1ccc2[nH]nc(N)c2n1.Cc1ccc(S(=O)(=O)Nc2ccc(-c3ccc4[nH]nc(N)c4n3)c(Cl)c2)cc1. The Morgan fingerprint density at radius 1 is 0.732 bits per heavy atom. The molecule has 1 aliphatic rings. The Morgan fingerprint density at radius 2 is 1.29 bits per heavy atom. The van der Waals surface area contributed by atoms with E-state index >= 15 is 0 Å². The van der Waals surface area contributed by atoms with Gasteiger partial charge in [-0.1, -0.05) is 48.2 Å². The van der Waals surface area contributed by atoms with Crippen molar-refractivity contribution in [1.82, 2.24) is 35.1 Å². The molecular formula is C38H39ClN10O5S2. The molecule has 0 bridgehead atoms. The fourth-order valence-electron chi connectivity index (χ4n) is 6.63. The van der Waals surface area contributed by atoms with E-state index in [2.05, 4.69) is 39.8 Å². The highest BCUT2D eigenvalue weighted by Gasteiger charge is 2.37. The minimum atomic E-state index is -3.73. The van der Waals surface area contributed by atoms with Gasteiger partial charge in [-0.25, -0.2) is 31.5 Å². The second kappa shape index (κ2) is 15.2. The molecule has 4 heterocycles. The van der Waals surface area contributed by atoms with Crippen molar-refractivity contribution < 1.29 is 21.9 Å². The summed E-state index contributed by atoms with van der Waals surface area (Å²) < 4.78 is 56.1. The van der Waals surface area contributed by atoms with Gasteiger partial charge < -0.3 is 16.6 Å². The van der Waals surface area contributed by atoms with Crippen LogP contribution in [0.3, 0.4) is 0 Å². The number of nitrogens with two attached hydrogens (primary N) is 2. The molecule has 0 atom stereocenters. The number of pyridine rings is 2. The number of anilines is 3. The number of rotatable bonds is 9. The van der Waals surface area contributed by atoms with Crippen molar-refractivity contribution in [2.24, 2.45) is 0 Å². The highest BCUT2D eigenvalue weighted by molar-refractivity contribution is 7.92. The number of benzene rings is 3. The number of aliphatic hydroxyl groups excluding tert-OH is 1. The summed E-state index contributed by atoms with van der Waals surface area (Å²) in [7, 11) is -7.44.